The highest BCUT2D eigenvalue weighted by Crippen LogP contribution is 2.28. The van der Waals surface area contributed by atoms with E-state index in [-0.39, 0.29) is 11.1 Å². The van der Waals surface area contributed by atoms with Gasteiger partial charge in [-0.2, -0.15) is 8.42 Å². The molecule has 0 aliphatic carbocycles. The fraction of sp³-hybridized carbons (Fsp3) is 0.412. The van der Waals surface area contributed by atoms with E-state index in [1.54, 1.807) is 27.4 Å². The molecule has 3 aromatic rings. The zero-order chi connectivity index (χ0) is 19.6. The van der Waals surface area contributed by atoms with Crippen molar-refractivity contribution in [3.8, 4) is 11.4 Å². The molecule has 0 fully saturated rings. The van der Waals surface area contributed by atoms with E-state index in [2.05, 4.69) is 39.1 Å². The van der Waals surface area contributed by atoms with Crippen LogP contribution in [-0.4, -0.2) is 38.2 Å². The smallest absolute Gasteiger partial charge is 0.280 e. The minimum atomic E-state index is -3.83. The van der Waals surface area contributed by atoms with Crippen LogP contribution >= 0.6 is 0 Å². The van der Waals surface area contributed by atoms with Crippen molar-refractivity contribution in [2.75, 3.05) is 4.72 Å². The van der Waals surface area contributed by atoms with Gasteiger partial charge in [-0.05, 0) is 42.3 Å². The van der Waals surface area contributed by atoms with Crippen molar-refractivity contribution in [1.29, 1.82) is 0 Å². The van der Waals surface area contributed by atoms with Crippen LogP contribution in [0.5, 0.6) is 0 Å². The summed E-state index contributed by atoms with van der Waals surface area (Å²) in [5.74, 6) is 0.881. The average Bonchev–Trinajstić information content (AvgIpc) is 3.24. The molecule has 0 saturated heterocycles. The highest BCUT2D eigenvalue weighted by Gasteiger charge is 2.22. The van der Waals surface area contributed by atoms with Crippen LogP contribution in [0, 0.1) is 5.92 Å². The van der Waals surface area contributed by atoms with Crippen molar-refractivity contribution in [1.82, 2.24) is 29.8 Å². The van der Waals surface area contributed by atoms with Gasteiger partial charge >= 0.3 is 0 Å². The number of para-hydroxylation sites is 1. The molecule has 0 saturated carbocycles. The zero-order valence-corrected chi connectivity index (χ0v) is 16.6. The summed E-state index contributed by atoms with van der Waals surface area (Å²) >= 11 is 0. The lowest BCUT2D eigenvalue weighted by molar-refractivity contribution is 0.519. The van der Waals surface area contributed by atoms with Gasteiger partial charge in [0.15, 0.2) is 10.9 Å². The van der Waals surface area contributed by atoms with E-state index in [9.17, 15) is 8.42 Å². The first-order valence-corrected chi connectivity index (χ1v) is 10.2. The maximum atomic E-state index is 12.8. The summed E-state index contributed by atoms with van der Waals surface area (Å²) in [7, 11) is -3.83. The van der Waals surface area contributed by atoms with Crippen LogP contribution in [0.3, 0.4) is 0 Å². The number of hydrogen-bond acceptors (Lipinski definition) is 6. The molecular weight excluding hydrogens is 366 g/mol. The summed E-state index contributed by atoms with van der Waals surface area (Å²) < 4.78 is 31.6. The molecule has 9 nitrogen and oxygen atoms in total. The van der Waals surface area contributed by atoms with Gasteiger partial charge in [0.05, 0.1) is 18.1 Å². The second-order valence-electron chi connectivity index (χ2n) is 6.99. The second-order valence-corrected chi connectivity index (χ2v) is 8.62. The van der Waals surface area contributed by atoms with Gasteiger partial charge in [0.1, 0.15) is 0 Å². The molecule has 0 amide bonds. The lowest BCUT2D eigenvalue weighted by Crippen LogP contribution is -2.15. The Hall–Kier alpha value is -2.75. The first-order chi connectivity index (χ1) is 12.8. The Morgan fingerprint density at radius 3 is 2.59 bits per heavy atom. The largest absolute Gasteiger partial charge is 0.336 e. The Morgan fingerprint density at radius 1 is 1.15 bits per heavy atom. The van der Waals surface area contributed by atoms with Crippen molar-refractivity contribution < 1.29 is 8.42 Å². The van der Waals surface area contributed by atoms with E-state index in [1.165, 1.54) is 12.5 Å². The van der Waals surface area contributed by atoms with Crippen molar-refractivity contribution >= 4 is 15.7 Å². The Labute approximate surface area is 158 Å². The van der Waals surface area contributed by atoms with Crippen LogP contribution < -0.4 is 4.72 Å². The molecule has 0 aliphatic heterocycles. The van der Waals surface area contributed by atoms with E-state index in [4.69, 9.17) is 0 Å². The maximum absolute atomic E-state index is 12.8. The van der Waals surface area contributed by atoms with Crippen LogP contribution in [0.1, 0.15) is 33.7 Å². The fourth-order valence-corrected chi connectivity index (χ4v) is 3.71. The van der Waals surface area contributed by atoms with Gasteiger partial charge in [-0.25, -0.2) is 9.67 Å². The SMILES string of the molecule is CC(C)Cn1cnc(S(=O)(=O)Nc2ccccc2-c2nnnn2C(C)C)c1. The molecule has 3 rings (SSSR count). The van der Waals surface area contributed by atoms with Crippen LogP contribution in [0.2, 0.25) is 0 Å². The molecule has 0 atom stereocenters. The molecule has 2 heterocycles. The number of hydrogen-bond donors (Lipinski definition) is 1. The predicted molar refractivity (Wildman–Crippen MR) is 102 cm³/mol. The molecule has 0 unspecified atom stereocenters. The van der Waals surface area contributed by atoms with E-state index in [0.717, 1.165) is 0 Å². The molecular formula is C17H23N7O2S. The van der Waals surface area contributed by atoms with Gasteiger partial charge in [0.25, 0.3) is 10.0 Å². The Balaban J connectivity index is 1.94. The van der Waals surface area contributed by atoms with E-state index < -0.39 is 10.0 Å². The average molecular weight is 389 g/mol. The summed E-state index contributed by atoms with van der Waals surface area (Å²) in [6.07, 6.45) is 3.06. The lowest BCUT2D eigenvalue weighted by atomic mass is 10.1. The zero-order valence-electron chi connectivity index (χ0n) is 15.7. The molecule has 0 aliphatic rings. The number of anilines is 1. The van der Waals surface area contributed by atoms with Crippen molar-refractivity contribution in [3.63, 3.8) is 0 Å². The van der Waals surface area contributed by atoms with Crippen molar-refractivity contribution in [3.05, 3.63) is 36.8 Å². The van der Waals surface area contributed by atoms with E-state index >= 15 is 0 Å². The number of sulfonamides is 1. The van der Waals surface area contributed by atoms with Crippen LogP contribution in [0.15, 0.2) is 41.8 Å². The predicted octanol–water partition coefficient (Wildman–Crippen LogP) is 2.57. The number of tetrazole rings is 1. The topological polar surface area (TPSA) is 108 Å². The molecule has 0 spiro atoms. The van der Waals surface area contributed by atoms with Crippen molar-refractivity contribution in [2.45, 2.75) is 45.3 Å². The van der Waals surface area contributed by atoms with Gasteiger partial charge in [0, 0.05) is 18.3 Å². The molecule has 27 heavy (non-hydrogen) atoms. The van der Waals surface area contributed by atoms with Crippen LogP contribution in [0.4, 0.5) is 5.69 Å². The van der Waals surface area contributed by atoms with Crippen LogP contribution in [0.25, 0.3) is 11.4 Å². The monoisotopic (exact) mass is 389 g/mol. The summed E-state index contributed by atoms with van der Waals surface area (Å²) in [6.45, 7) is 8.72. The summed E-state index contributed by atoms with van der Waals surface area (Å²) in [4.78, 5) is 4.04. The number of nitrogens with one attached hydrogen (secondary N) is 1. The Kier molecular flexibility index (Phi) is 5.26. The Bertz CT molecular complexity index is 1020. The molecule has 144 valence electrons. The minimum absolute atomic E-state index is 0.0265. The molecule has 10 heteroatoms. The van der Waals surface area contributed by atoms with Gasteiger partial charge in [-0.3, -0.25) is 4.72 Å². The Morgan fingerprint density at radius 2 is 1.89 bits per heavy atom. The van der Waals surface area contributed by atoms with Crippen molar-refractivity contribution in [2.24, 2.45) is 5.92 Å². The molecule has 1 N–H and O–H groups in total. The first-order valence-electron chi connectivity index (χ1n) is 8.70. The number of aromatic nitrogens is 6. The van der Waals surface area contributed by atoms with Gasteiger partial charge in [-0.1, -0.05) is 26.0 Å². The summed E-state index contributed by atoms with van der Waals surface area (Å²) in [5, 5.41) is 11.7. The standard InChI is InChI=1S/C17H23N7O2S/c1-12(2)9-23-10-16(18-11-23)27(25,26)20-15-8-6-5-7-14(15)17-19-21-22-24(17)13(3)4/h5-8,10-13,20H,9H2,1-4H3. The van der Waals surface area contributed by atoms with Gasteiger partial charge in [0.2, 0.25) is 0 Å². The van der Waals surface area contributed by atoms with Gasteiger partial charge in [-0.15, -0.1) is 5.10 Å². The van der Waals surface area contributed by atoms with E-state index in [1.807, 2.05) is 19.9 Å². The number of rotatable bonds is 7. The highest BCUT2D eigenvalue weighted by atomic mass is 32.2. The minimum Gasteiger partial charge on any atom is -0.336 e. The first kappa shape index (κ1) is 19.0. The maximum Gasteiger partial charge on any atom is 0.280 e. The van der Waals surface area contributed by atoms with Crippen LogP contribution in [-0.2, 0) is 16.6 Å². The number of imidazole rings is 1. The number of nitrogens with zero attached hydrogens (tertiary/aromatic N) is 6. The van der Waals surface area contributed by atoms with E-state index in [0.29, 0.717) is 29.5 Å². The second kappa shape index (κ2) is 7.47. The quantitative estimate of drug-likeness (QED) is 0.665. The normalized spacial score (nSPS) is 12.1. The molecule has 0 radical (unpaired) electrons. The highest BCUT2D eigenvalue weighted by molar-refractivity contribution is 7.92. The lowest BCUT2D eigenvalue weighted by Gasteiger charge is -2.13. The summed E-state index contributed by atoms with van der Waals surface area (Å²) in [5.41, 5.74) is 0.994. The summed E-state index contributed by atoms with van der Waals surface area (Å²) in [6, 6.07) is 7.05. The third-order valence-electron chi connectivity index (χ3n) is 3.86. The van der Waals surface area contributed by atoms with Gasteiger partial charge < -0.3 is 4.57 Å². The molecule has 2 aromatic heterocycles. The molecule has 0 bridgehead atoms. The third-order valence-corrected chi connectivity index (χ3v) is 5.11. The third kappa shape index (κ3) is 4.16. The molecule has 1 aromatic carbocycles. The number of benzene rings is 1. The fourth-order valence-electron chi connectivity index (χ4n) is 2.68.